The number of anilines is 1. The number of nitrogens with zero attached hydrogens (tertiary/aromatic N) is 8. The van der Waals surface area contributed by atoms with Crippen LogP contribution in [0.4, 0.5) is 51.2 Å². The Morgan fingerprint density at radius 1 is 0.400 bits per heavy atom. The molecule has 0 bridgehead atoms. The van der Waals surface area contributed by atoms with Crippen molar-refractivity contribution in [1.82, 2.24) is 0 Å². The first-order chi connectivity index (χ1) is 37.4. The summed E-state index contributed by atoms with van der Waals surface area (Å²) >= 11 is 0. The van der Waals surface area contributed by atoms with Gasteiger partial charge in [0.2, 0.25) is 0 Å². The Bertz CT molecular complexity index is 4550. The third-order valence-electron chi connectivity index (χ3n) is 10.1. The third kappa shape index (κ3) is 16.1. The highest BCUT2D eigenvalue weighted by molar-refractivity contribution is 7.86. The molecular weight excluding hydrogens is 1190 g/mol. The van der Waals surface area contributed by atoms with E-state index in [1.54, 1.807) is 36.4 Å². The van der Waals surface area contributed by atoms with Gasteiger partial charge in [-0.3, -0.25) is 13.7 Å². The SMILES string of the molecule is Nc1c(N=Nc2ccc3cc(S(=O)(=O)O)c(N=Nc4ccccc4)c(O)c3c2)c(S(=O)(=O)O)cc2ccc(N=Nc3ccc4c(O)c(N=Nc5ccc(CO)cc5S(=O)(=O)O)ccc4c3)c(O)c12.O=S(=O)=O.O=S(=O)=O.O=S(=O)=O. The molecule has 0 aliphatic rings. The van der Waals surface area contributed by atoms with E-state index in [1.165, 1.54) is 66.7 Å². The molecule has 0 radical (unpaired) electrons. The molecule has 0 spiro atoms. The molecule has 8 rings (SSSR count). The second-order valence-electron chi connectivity index (χ2n) is 15.1. The lowest BCUT2D eigenvalue weighted by Gasteiger charge is -2.12. The molecule has 0 atom stereocenters. The van der Waals surface area contributed by atoms with Crippen LogP contribution >= 0.6 is 0 Å². The van der Waals surface area contributed by atoms with Gasteiger partial charge in [0, 0.05) is 10.8 Å². The molecule has 0 fully saturated rings. The fourth-order valence-electron chi connectivity index (χ4n) is 6.83. The normalized spacial score (nSPS) is 11.8. The number of hydrogen-bond donors (Lipinski definition) is 8. The molecule has 8 aromatic carbocycles. The number of fused-ring (bicyclic) bond motifs is 3. The van der Waals surface area contributed by atoms with Gasteiger partial charge in [-0.05, 0) is 101 Å². The van der Waals surface area contributed by atoms with Crippen LogP contribution in [0.1, 0.15) is 5.56 Å². The van der Waals surface area contributed by atoms with Gasteiger partial charge in [-0.1, -0.05) is 42.5 Å². The first-order valence-electron chi connectivity index (χ1n) is 20.7. The van der Waals surface area contributed by atoms with Crippen LogP contribution in [0.3, 0.4) is 0 Å². The third-order valence-corrected chi connectivity index (χ3v) is 12.7. The number of aliphatic hydroxyl groups excluding tert-OH is 1. The second-order valence-corrected chi connectivity index (χ2v) is 20.5. The molecule has 9 N–H and O–H groups in total. The Hall–Kier alpha value is -9.31. The van der Waals surface area contributed by atoms with Gasteiger partial charge in [-0.15, -0.1) is 63.5 Å². The van der Waals surface area contributed by atoms with E-state index in [1.807, 2.05) is 0 Å². The number of nitrogens with two attached hydrogens (primary N) is 1. The van der Waals surface area contributed by atoms with Crippen molar-refractivity contribution in [2.45, 2.75) is 21.3 Å². The summed E-state index contributed by atoms with van der Waals surface area (Å²) in [5, 5.41) is 75.7. The van der Waals surface area contributed by atoms with E-state index in [-0.39, 0.29) is 66.7 Å². The molecule has 0 aliphatic carbocycles. The fourth-order valence-corrected chi connectivity index (χ4v) is 8.83. The van der Waals surface area contributed by atoms with E-state index in [0.29, 0.717) is 11.1 Å². The van der Waals surface area contributed by atoms with Gasteiger partial charge in [0.1, 0.15) is 43.1 Å². The van der Waals surface area contributed by atoms with Crippen molar-refractivity contribution >= 4 is 146 Å². The lowest BCUT2D eigenvalue weighted by Crippen LogP contribution is -2.01. The van der Waals surface area contributed by atoms with E-state index >= 15 is 0 Å². The van der Waals surface area contributed by atoms with Crippen LogP contribution in [0.5, 0.6) is 17.2 Å². The summed E-state index contributed by atoms with van der Waals surface area (Å²) in [5.74, 6) is -1.61. The zero-order valence-electron chi connectivity index (χ0n) is 39.1. The summed E-state index contributed by atoms with van der Waals surface area (Å²) in [5.41, 5.74) is 5.03. The number of benzene rings is 8. The molecule has 80 heavy (non-hydrogen) atoms. The zero-order valence-corrected chi connectivity index (χ0v) is 44.0. The Morgan fingerprint density at radius 3 is 1.43 bits per heavy atom. The van der Waals surface area contributed by atoms with Crippen LogP contribution in [0, 0.1) is 0 Å². The predicted molar refractivity (Wildman–Crippen MR) is 275 cm³/mol. The Balaban J connectivity index is 0.000000892. The van der Waals surface area contributed by atoms with Gasteiger partial charge in [-0.25, -0.2) is 0 Å². The lowest BCUT2D eigenvalue weighted by atomic mass is 10.1. The zero-order chi connectivity index (χ0) is 59.4. The monoisotopic (exact) mass is 1220 g/mol. The number of azo groups is 4. The average molecular weight is 1220 g/mol. The van der Waals surface area contributed by atoms with Crippen molar-refractivity contribution in [3.63, 3.8) is 0 Å². The van der Waals surface area contributed by atoms with Crippen molar-refractivity contribution in [2.24, 2.45) is 40.9 Å². The smallest absolute Gasteiger partial charge is 0.425 e. The molecule has 31 nitrogen and oxygen atoms in total. The van der Waals surface area contributed by atoms with Crippen molar-refractivity contribution in [2.75, 3.05) is 5.73 Å². The summed E-state index contributed by atoms with van der Waals surface area (Å²) in [4.78, 5) is -2.12. The molecule has 0 saturated heterocycles. The molecule has 0 aliphatic heterocycles. The van der Waals surface area contributed by atoms with Crippen molar-refractivity contribution in [3.05, 3.63) is 127 Å². The number of phenolic OH excluding ortho intramolecular Hbond substituents is 3. The maximum Gasteiger partial charge on any atom is 0.425 e. The van der Waals surface area contributed by atoms with E-state index in [9.17, 15) is 59.3 Å². The van der Waals surface area contributed by atoms with Gasteiger partial charge in [0.15, 0.2) is 17.2 Å². The lowest BCUT2D eigenvalue weighted by molar-refractivity contribution is 0.281. The minimum atomic E-state index is -5.03. The van der Waals surface area contributed by atoms with Crippen molar-refractivity contribution < 1.29 is 97.2 Å². The molecule has 0 amide bonds. The van der Waals surface area contributed by atoms with Crippen molar-refractivity contribution in [1.29, 1.82) is 0 Å². The van der Waals surface area contributed by atoms with Crippen LogP contribution in [0.25, 0.3) is 32.3 Å². The maximum atomic E-state index is 12.6. The Kier molecular flexibility index (Phi) is 19.9. The van der Waals surface area contributed by atoms with Crippen LogP contribution in [0.2, 0.25) is 0 Å². The number of aliphatic hydroxyl groups is 1. The molecule has 416 valence electrons. The minimum absolute atomic E-state index is 0.0265. The highest BCUT2D eigenvalue weighted by Gasteiger charge is 2.25. The van der Waals surface area contributed by atoms with Crippen LogP contribution in [-0.4, -0.2) is 97.2 Å². The van der Waals surface area contributed by atoms with Crippen LogP contribution in [0.15, 0.2) is 177 Å². The van der Waals surface area contributed by atoms with E-state index in [4.69, 9.17) is 43.6 Å². The summed E-state index contributed by atoms with van der Waals surface area (Å²) in [6, 6.07) is 27.8. The average Bonchev–Trinajstić information content (AvgIpc) is 3.48. The summed E-state index contributed by atoms with van der Waals surface area (Å²) < 4.78 is 179. The summed E-state index contributed by atoms with van der Waals surface area (Å²) in [6.07, 6.45) is 0. The molecule has 0 aromatic heterocycles. The highest BCUT2D eigenvalue weighted by atomic mass is 32.2. The quantitative estimate of drug-likeness (QED) is 0.0329. The van der Waals surface area contributed by atoms with E-state index < -0.39 is 112 Å². The maximum absolute atomic E-state index is 12.6. The van der Waals surface area contributed by atoms with Gasteiger partial charge in [0.05, 0.1) is 34.7 Å². The number of rotatable bonds is 12. The largest absolute Gasteiger partial charge is 0.505 e. The first kappa shape index (κ1) is 61.5. The number of phenols is 3. The number of hydrogen-bond acceptors (Lipinski definition) is 28. The molecular formula is C43H31N9O22S6. The standard InChI is InChI=1S/C43H31N9O13S3.3O3S/c44-38-37-25(9-15-33(43(37)56)49-46-27-11-12-29-23(17-27)8-14-32(41(29)54)50-48-31-13-6-22(21-53)16-34(31)66(57,58)59)19-35(67(60,61)62)39(38)51-47-28-10-7-24-18-36(68(63,64)65)40(42(55)30(24)20-28)52-45-26-4-2-1-3-5-26;3*1-4(2)3/h1-20,53-56H,21,44H2,(H,57,58,59)(H,60,61,62)(H,63,64,65);;;. The predicted octanol–water partition coefficient (Wildman–Crippen LogP) is 7.73. The van der Waals surface area contributed by atoms with Gasteiger partial charge >= 0.3 is 31.8 Å². The van der Waals surface area contributed by atoms with E-state index in [2.05, 4.69) is 40.9 Å². The van der Waals surface area contributed by atoms with Crippen LogP contribution in [-0.2, 0) is 68.8 Å². The molecule has 37 heteroatoms. The second kappa shape index (κ2) is 25.9. The summed E-state index contributed by atoms with van der Waals surface area (Å²) in [7, 11) is -24.0. The van der Waals surface area contributed by atoms with Crippen molar-refractivity contribution in [3.8, 4) is 17.2 Å². The number of aromatic hydroxyl groups is 3. The minimum Gasteiger partial charge on any atom is -0.505 e. The first-order valence-corrected chi connectivity index (χ1v) is 28.0. The molecule has 8 aromatic rings. The molecule has 0 saturated carbocycles. The Labute approximate surface area is 452 Å². The van der Waals surface area contributed by atoms with Crippen LogP contribution < -0.4 is 5.73 Å². The Morgan fingerprint density at radius 2 is 0.838 bits per heavy atom. The van der Waals surface area contributed by atoms with Gasteiger partial charge in [0.25, 0.3) is 30.4 Å². The fraction of sp³-hybridized carbons (Fsp3) is 0.0233. The van der Waals surface area contributed by atoms with Gasteiger partial charge < -0.3 is 26.2 Å². The molecule has 0 unspecified atom stereocenters. The topological polar surface area (TPSA) is 523 Å². The van der Waals surface area contributed by atoms with E-state index in [0.717, 1.165) is 18.2 Å². The molecule has 0 heterocycles. The number of nitrogen functional groups attached to an aromatic ring is 1. The summed E-state index contributed by atoms with van der Waals surface area (Å²) in [6.45, 7) is -0.492. The van der Waals surface area contributed by atoms with Gasteiger partial charge in [-0.2, -0.15) is 40.6 Å². The highest BCUT2D eigenvalue weighted by Crippen LogP contribution is 2.47.